The van der Waals surface area contributed by atoms with Crippen LogP contribution < -0.4 is 4.90 Å². The minimum atomic E-state index is -0.203. The molecule has 1 atom stereocenters. The van der Waals surface area contributed by atoms with Gasteiger partial charge in [0, 0.05) is 43.8 Å². The fourth-order valence-electron chi connectivity index (χ4n) is 4.15. The summed E-state index contributed by atoms with van der Waals surface area (Å²) in [5.41, 5.74) is 2.92. The van der Waals surface area contributed by atoms with E-state index in [2.05, 4.69) is 66.7 Å². The molecule has 30 heavy (non-hydrogen) atoms. The minimum Gasteiger partial charge on any atom is -0.353 e. The SMILES string of the molecule is C[C@@H]1CN(c2nccc3cc(F)ccc23)CCN1Cc1ccc(C(C)(C)C)cc1.Cl. The van der Waals surface area contributed by atoms with Crippen molar-refractivity contribution in [3.63, 3.8) is 0 Å². The summed E-state index contributed by atoms with van der Waals surface area (Å²) in [6, 6.07) is 16.3. The molecule has 1 aliphatic rings. The summed E-state index contributed by atoms with van der Waals surface area (Å²) < 4.78 is 13.6. The van der Waals surface area contributed by atoms with E-state index in [0.717, 1.165) is 42.8 Å². The third kappa shape index (κ3) is 4.76. The molecule has 160 valence electrons. The first-order chi connectivity index (χ1) is 13.8. The quantitative estimate of drug-likeness (QED) is 0.526. The molecule has 0 unspecified atom stereocenters. The maximum Gasteiger partial charge on any atom is 0.136 e. The second-order valence-corrected chi connectivity index (χ2v) is 9.21. The van der Waals surface area contributed by atoms with E-state index in [4.69, 9.17) is 0 Å². The molecule has 0 amide bonds. The molecule has 1 fully saturated rings. The largest absolute Gasteiger partial charge is 0.353 e. The molecule has 0 aliphatic carbocycles. The van der Waals surface area contributed by atoms with E-state index in [1.165, 1.54) is 17.2 Å². The number of fused-ring (bicyclic) bond motifs is 1. The molecule has 3 nitrogen and oxygen atoms in total. The maximum absolute atomic E-state index is 13.6. The first kappa shape index (κ1) is 22.5. The molecule has 1 saturated heterocycles. The zero-order valence-electron chi connectivity index (χ0n) is 18.2. The van der Waals surface area contributed by atoms with Crippen LogP contribution in [0, 0.1) is 5.82 Å². The summed E-state index contributed by atoms with van der Waals surface area (Å²) >= 11 is 0. The Kier molecular flexibility index (Phi) is 6.68. The molecule has 0 radical (unpaired) electrons. The molecular formula is C25H31ClFN3. The molecule has 0 N–H and O–H groups in total. The van der Waals surface area contributed by atoms with Gasteiger partial charge in [-0.05, 0) is 53.1 Å². The van der Waals surface area contributed by atoms with Gasteiger partial charge in [-0.1, -0.05) is 45.0 Å². The predicted octanol–water partition coefficient (Wildman–Crippen LogP) is 5.80. The van der Waals surface area contributed by atoms with Crippen LogP contribution >= 0.6 is 12.4 Å². The Bertz CT molecular complexity index is 997. The van der Waals surface area contributed by atoms with E-state index in [9.17, 15) is 4.39 Å². The van der Waals surface area contributed by atoms with Gasteiger partial charge in [-0.2, -0.15) is 0 Å². The van der Waals surface area contributed by atoms with Crippen molar-refractivity contribution in [3.05, 3.63) is 71.7 Å². The van der Waals surface area contributed by atoms with Crippen molar-refractivity contribution in [2.45, 2.75) is 45.7 Å². The van der Waals surface area contributed by atoms with Crippen LogP contribution in [0.3, 0.4) is 0 Å². The number of piperazine rings is 1. The molecule has 3 aromatic rings. The van der Waals surface area contributed by atoms with Gasteiger partial charge in [0.15, 0.2) is 0 Å². The molecule has 0 spiro atoms. The van der Waals surface area contributed by atoms with Gasteiger partial charge in [0.2, 0.25) is 0 Å². The monoisotopic (exact) mass is 427 g/mol. The standard InChI is InChI=1S/C25H30FN3.ClH/c1-18-16-29(24-23-10-9-22(26)15-20(23)11-12-27-24)14-13-28(18)17-19-5-7-21(8-6-19)25(2,3)4;/h5-12,15,18H,13-14,16-17H2,1-4H3;1H/t18-;/m1./s1. The van der Waals surface area contributed by atoms with Crippen molar-refractivity contribution >= 4 is 29.0 Å². The lowest BCUT2D eigenvalue weighted by molar-refractivity contribution is 0.180. The topological polar surface area (TPSA) is 19.4 Å². The third-order valence-corrected chi connectivity index (χ3v) is 5.98. The Labute approximate surface area is 185 Å². The van der Waals surface area contributed by atoms with Gasteiger partial charge in [-0.15, -0.1) is 12.4 Å². The van der Waals surface area contributed by atoms with Crippen LogP contribution in [0.25, 0.3) is 10.8 Å². The lowest BCUT2D eigenvalue weighted by Crippen LogP contribution is -2.51. The lowest BCUT2D eigenvalue weighted by Gasteiger charge is -2.40. The normalized spacial score (nSPS) is 17.8. The summed E-state index contributed by atoms with van der Waals surface area (Å²) in [6.07, 6.45) is 1.78. The molecule has 4 rings (SSSR count). The van der Waals surface area contributed by atoms with Gasteiger partial charge in [0.25, 0.3) is 0 Å². The number of pyridine rings is 1. The van der Waals surface area contributed by atoms with Crippen LogP contribution in [0.2, 0.25) is 0 Å². The molecule has 0 bridgehead atoms. The van der Waals surface area contributed by atoms with Gasteiger partial charge in [-0.25, -0.2) is 9.37 Å². The number of anilines is 1. The number of halogens is 2. The highest BCUT2D eigenvalue weighted by Gasteiger charge is 2.25. The predicted molar refractivity (Wildman–Crippen MR) is 126 cm³/mol. The zero-order valence-corrected chi connectivity index (χ0v) is 19.0. The molecule has 2 aromatic carbocycles. The number of nitrogens with zero attached hydrogens (tertiary/aromatic N) is 3. The second kappa shape index (κ2) is 8.91. The van der Waals surface area contributed by atoms with Crippen molar-refractivity contribution in [3.8, 4) is 0 Å². The molecule has 2 heterocycles. The highest BCUT2D eigenvalue weighted by molar-refractivity contribution is 5.92. The Balaban J connectivity index is 0.00000256. The third-order valence-electron chi connectivity index (χ3n) is 5.98. The van der Waals surface area contributed by atoms with Gasteiger partial charge in [0.1, 0.15) is 11.6 Å². The maximum atomic E-state index is 13.6. The number of benzene rings is 2. The van der Waals surface area contributed by atoms with Gasteiger partial charge < -0.3 is 4.90 Å². The van der Waals surface area contributed by atoms with Crippen molar-refractivity contribution < 1.29 is 4.39 Å². The summed E-state index contributed by atoms with van der Waals surface area (Å²) in [5, 5.41) is 1.93. The Hall–Kier alpha value is -2.17. The molecular weight excluding hydrogens is 397 g/mol. The first-order valence-electron chi connectivity index (χ1n) is 10.4. The Morgan fingerprint density at radius 1 is 1.03 bits per heavy atom. The van der Waals surface area contributed by atoms with E-state index in [1.807, 2.05) is 12.1 Å². The van der Waals surface area contributed by atoms with E-state index in [0.29, 0.717) is 6.04 Å². The molecule has 1 aliphatic heterocycles. The van der Waals surface area contributed by atoms with E-state index in [-0.39, 0.29) is 23.6 Å². The van der Waals surface area contributed by atoms with Crippen molar-refractivity contribution in [2.75, 3.05) is 24.5 Å². The highest BCUT2D eigenvalue weighted by Crippen LogP contribution is 2.28. The molecule has 1 aromatic heterocycles. The Morgan fingerprint density at radius 2 is 1.77 bits per heavy atom. The van der Waals surface area contributed by atoms with E-state index >= 15 is 0 Å². The van der Waals surface area contributed by atoms with E-state index in [1.54, 1.807) is 12.3 Å². The molecule has 5 heteroatoms. The number of rotatable bonds is 3. The number of hydrogen-bond acceptors (Lipinski definition) is 3. The van der Waals surface area contributed by atoms with Crippen LogP contribution in [-0.4, -0.2) is 35.6 Å². The van der Waals surface area contributed by atoms with E-state index < -0.39 is 0 Å². The Morgan fingerprint density at radius 3 is 2.43 bits per heavy atom. The highest BCUT2D eigenvalue weighted by atomic mass is 35.5. The van der Waals surface area contributed by atoms with Crippen LogP contribution in [0.4, 0.5) is 10.2 Å². The smallest absolute Gasteiger partial charge is 0.136 e. The fourth-order valence-corrected chi connectivity index (χ4v) is 4.15. The second-order valence-electron chi connectivity index (χ2n) is 9.21. The van der Waals surface area contributed by atoms with Gasteiger partial charge in [-0.3, -0.25) is 4.90 Å². The van der Waals surface area contributed by atoms with Crippen LogP contribution in [0.15, 0.2) is 54.7 Å². The lowest BCUT2D eigenvalue weighted by atomic mass is 9.86. The number of aromatic nitrogens is 1. The van der Waals surface area contributed by atoms with Crippen molar-refractivity contribution in [2.24, 2.45) is 0 Å². The van der Waals surface area contributed by atoms with Crippen molar-refractivity contribution in [1.29, 1.82) is 0 Å². The first-order valence-corrected chi connectivity index (χ1v) is 10.4. The molecule has 0 saturated carbocycles. The average molecular weight is 428 g/mol. The summed E-state index contributed by atoms with van der Waals surface area (Å²) in [4.78, 5) is 9.49. The summed E-state index contributed by atoms with van der Waals surface area (Å²) in [6.45, 7) is 12.8. The van der Waals surface area contributed by atoms with Gasteiger partial charge >= 0.3 is 0 Å². The van der Waals surface area contributed by atoms with Crippen LogP contribution in [-0.2, 0) is 12.0 Å². The summed E-state index contributed by atoms with van der Waals surface area (Å²) in [7, 11) is 0. The number of hydrogen-bond donors (Lipinski definition) is 0. The average Bonchev–Trinajstić information content (AvgIpc) is 2.68. The van der Waals surface area contributed by atoms with Crippen molar-refractivity contribution in [1.82, 2.24) is 9.88 Å². The zero-order chi connectivity index (χ0) is 20.6. The van der Waals surface area contributed by atoms with Crippen LogP contribution in [0.1, 0.15) is 38.8 Å². The van der Waals surface area contributed by atoms with Crippen LogP contribution in [0.5, 0.6) is 0 Å². The minimum absolute atomic E-state index is 0. The summed E-state index contributed by atoms with van der Waals surface area (Å²) in [5.74, 6) is 0.758. The fraction of sp³-hybridized carbons (Fsp3) is 0.400. The van der Waals surface area contributed by atoms with Gasteiger partial charge in [0.05, 0.1) is 0 Å².